The van der Waals surface area contributed by atoms with Crippen LogP contribution in [0.4, 0.5) is 5.69 Å². The summed E-state index contributed by atoms with van der Waals surface area (Å²) >= 11 is 0. The molecule has 0 radical (unpaired) electrons. The minimum absolute atomic E-state index is 0.134. The molecule has 1 unspecified atom stereocenters. The number of hydrogen-bond donors (Lipinski definition) is 3. The normalized spacial score (nSPS) is 12.0. The maximum Gasteiger partial charge on any atom is 0.253 e. The maximum absolute atomic E-state index is 12.3. The second-order valence-corrected chi connectivity index (χ2v) is 4.75. The van der Waals surface area contributed by atoms with Gasteiger partial charge in [-0.05, 0) is 39.0 Å². The standard InChI is InChI=1S/C15H19N3O2/c1-9-8-13(11(3)20-9)10(2)17-15(19)12-6-4-5-7-14(12)18-16/h4-8,10,18H,16H2,1-3H3,(H,17,19). The van der Waals surface area contributed by atoms with Gasteiger partial charge in [0.15, 0.2) is 0 Å². The summed E-state index contributed by atoms with van der Waals surface area (Å²) in [5, 5.41) is 2.95. The van der Waals surface area contributed by atoms with Crippen molar-refractivity contribution in [3.05, 3.63) is 53.0 Å². The van der Waals surface area contributed by atoms with Crippen LogP contribution in [-0.4, -0.2) is 5.91 Å². The van der Waals surface area contributed by atoms with Crippen molar-refractivity contribution in [1.29, 1.82) is 0 Å². The van der Waals surface area contributed by atoms with Gasteiger partial charge in [0.25, 0.3) is 5.91 Å². The SMILES string of the molecule is Cc1cc(C(C)NC(=O)c2ccccc2NN)c(C)o1. The number of carbonyl (C=O) groups is 1. The fraction of sp³-hybridized carbons (Fsp3) is 0.267. The van der Waals surface area contributed by atoms with E-state index in [9.17, 15) is 4.79 Å². The largest absolute Gasteiger partial charge is 0.466 e. The Balaban J connectivity index is 2.17. The van der Waals surface area contributed by atoms with Crippen LogP contribution in [0, 0.1) is 13.8 Å². The van der Waals surface area contributed by atoms with E-state index in [1.54, 1.807) is 18.2 Å². The fourth-order valence-electron chi connectivity index (χ4n) is 2.24. The Morgan fingerprint density at radius 3 is 2.60 bits per heavy atom. The van der Waals surface area contributed by atoms with Crippen LogP contribution < -0.4 is 16.6 Å². The molecule has 2 rings (SSSR count). The molecule has 2 aromatic rings. The molecule has 0 aliphatic rings. The lowest BCUT2D eigenvalue weighted by Crippen LogP contribution is -2.28. The predicted molar refractivity (Wildman–Crippen MR) is 78.3 cm³/mol. The van der Waals surface area contributed by atoms with Gasteiger partial charge in [0.05, 0.1) is 17.3 Å². The van der Waals surface area contributed by atoms with Crippen LogP contribution in [-0.2, 0) is 0 Å². The molecule has 5 nitrogen and oxygen atoms in total. The molecule has 0 spiro atoms. The van der Waals surface area contributed by atoms with E-state index in [0.717, 1.165) is 17.1 Å². The van der Waals surface area contributed by atoms with Gasteiger partial charge in [-0.25, -0.2) is 0 Å². The predicted octanol–water partition coefficient (Wildman–Crippen LogP) is 2.67. The molecule has 1 aromatic carbocycles. The van der Waals surface area contributed by atoms with E-state index < -0.39 is 0 Å². The highest BCUT2D eigenvalue weighted by molar-refractivity contribution is 5.99. The molecule has 0 bridgehead atoms. The maximum atomic E-state index is 12.3. The highest BCUT2D eigenvalue weighted by Gasteiger charge is 2.17. The zero-order valence-corrected chi connectivity index (χ0v) is 11.9. The van der Waals surface area contributed by atoms with Crippen molar-refractivity contribution in [2.75, 3.05) is 5.43 Å². The van der Waals surface area contributed by atoms with Gasteiger partial charge in [-0.2, -0.15) is 0 Å². The first-order valence-corrected chi connectivity index (χ1v) is 6.46. The summed E-state index contributed by atoms with van der Waals surface area (Å²) in [5.41, 5.74) is 4.61. The van der Waals surface area contributed by atoms with Crippen LogP contribution in [0.5, 0.6) is 0 Å². The summed E-state index contributed by atoms with van der Waals surface area (Å²) in [6.45, 7) is 5.70. The summed E-state index contributed by atoms with van der Waals surface area (Å²) in [7, 11) is 0. The first kappa shape index (κ1) is 14.1. The van der Waals surface area contributed by atoms with E-state index in [1.165, 1.54) is 0 Å². The summed E-state index contributed by atoms with van der Waals surface area (Å²) in [4.78, 5) is 12.3. The molecular weight excluding hydrogens is 254 g/mol. The van der Waals surface area contributed by atoms with Crippen LogP contribution in [0.3, 0.4) is 0 Å². The zero-order valence-electron chi connectivity index (χ0n) is 11.9. The van der Waals surface area contributed by atoms with Crippen molar-refractivity contribution in [2.24, 2.45) is 5.84 Å². The Labute approximate surface area is 118 Å². The summed E-state index contributed by atoms with van der Waals surface area (Å²) < 4.78 is 5.48. The number of nitrogen functional groups attached to an aromatic ring is 1. The van der Waals surface area contributed by atoms with Crippen molar-refractivity contribution in [2.45, 2.75) is 26.8 Å². The third kappa shape index (κ3) is 2.83. The van der Waals surface area contributed by atoms with Gasteiger partial charge in [0.1, 0.15) is 11.5 Å². The Morgan fingerprint density at radius 1 is 1.30 bits per heavy atom. The number of hydrogen-bond acceptors (Lipinski definition) is 4. The quantitative estimate of drug-likeness (QED) is 0.591. The number of furan rings is 1. The minimum atomic E-state index is -0.177. The summed E-state index contributed by atoms with van der Waals surface area (Å²) in [6.07, 6.45) is 0. The van der Waals surface area contributed by atoms with Crippen LogP contribution in [0.25, 0.3) is 0 Å². The van der Waals surface area contributed by atoms with E-state index in [1.807, 2.05) is 32.9 Å². The highest BCUT2D eigenvalue weighted by Crippen LogP contribution is 2.22. The topological polar surface area (TPSA) is 80.3 Å². The molecule has 1 amide bonds. The number of benzene rings is 1. The van der Waals surface area contributed by atoms with Gasteiger partial charge in [0.2, 0.25) is 0 Å². The van der Waals surface area contributed by atoms with Crippen molar-refractivity contribution in [3.63, 3.8) is 0 Å². The Morgan fingerprint density at radius 2 is 2.00 bits per heavy atom. The highest BCUT2D eigenvalue weighted by atomic mass is 16.3. The Bertz CT molecular complexity index is 619. The zero-order chi connectivity index (χ0) is 14.7. The van der Waals surface area contributed by atoms with Crippen LogP contribution >= 0.6 is 0 Å². The fourth-order valence-corrected chi connectivity index (χ4v) is 2.24. The molecule has 0 saturated heterocycles. The average molecular weight is 273 g/mol. The number of hydrazine groups is 1. The second-order valence-electron chi connectivity index (χ2n) is 4.75. The van der Waals surface area contributed by atoms with Crippen molar-refractivity contribution in [3.8, 4) is 0 Å². The molecule has 1 heterocycles. The van der Waals surface area contributed by atoms with E-state index in [-0.39, 0.29) is 11.9 Å². The number of amides is 1. The first-order valence-electron chi connectivity index (χ1n) is 6.46. The van der Waals surface area contributed by atoms with Crippen LogP contribution in [0.1, 0.15) is 40.4 Å². The smallest absolute Gasteiger partial charge is 0.253 e. The lowest BCUT2D eigenvalue weighted by atomic mass is 10.1. The molecule has 106 valence electrons. The summed E-state index contributed by atoms with van der Waals surface area (Å²) in [6, 6.07) is 8.91. The van der Waals surface area contributed by atoms with E-state index >= 15 is 0 Å². The molecule has 5 heteroatoms. The summed E-state index contributed by atoms with van der Waals surface area (Å²) in [5.74, 6) is 6.89. The molecule has 20 heavy (non-hydrogen) atoms. The lowest BCUT2D eigenvalue weighted by molar-refractivity contribution is 0.0940. The number of para-hydroxylation sites is 1. The third-order valence-corrected chi connectivity index (χ3v) is 3.22. The Kier molecular flexibility index (Phi) is 4.10. The van der Waals surface area contributed by atoms with Gasteiger partial charge in [-0.15, -0.1) is 0 Å². The van der Waals surface area contributed by atoms with E-state index in [2.05, 4.69) is 10.7 Å². The van der Waals surface area contributed by atoms with Crippen LogP contribution in [0.15, 0.2) is 34.7 Å². The first-order chi connectivity index (χ1) is 9.52. The molecule has 0 aliphatic carbocycles. The van der Waals surface area contributed by atoms with Gasteiger partial charge in [-0.3, -0.25) is 10.6 Å². The third-order valence-electron chi connectivity index (χ3n) is 3.22. The molecular formula is C15H19N3O2. The van der Waals surface area contributed by atoms with Gasteiger partial charge >= 0.3 is 0 Å². The second kappa shape index (κ2) is 5.79. The number of aryl methyl sites for hydroxylation is 2. The molecule has 4 N–H and O–H groups in total. The van der Waals surface area contributed by atoms with Gasteiger partial charge in [-0.1, -0.05) is 12.1 Å². The van der Waals surface area contributed by atoms with Crippen LogP contribution in [0.2, 0.25) is 0 Å². The minimum Gasteiger partial charge on any atom is -0.466 e. The molecule has 0 aliphatic heterocycles. The molecule has 0 fully saturated rings. The lowest BCUT2D eigenvalue weighted by Gasteiger charge is -2.15. The number of carbonyl (C=O) groups excluding carboxylic acids is 1. The molecule has 1 atom stereocenters. The van der Waals surface area contributed by atoms with Gasteiger partial charge < -0.3 is 15.2 Å². The van der Waals surface area contributed by atoms with E-state index in [4.69, 9.17) is 10.3 Å². The van der Waals surface area contributed by atoms with E-state index in [0.29, 0.717) is 11.3 Å². The number of nitrogens with two attached hydrogens (primary N) is 1. The van der Waals surface area contributed by atoms with Crippen molar-refractivity contribution in [1.82, 2.24) is 5.32 Å². The number of anilines is 1. The molecule has 0 saturated carbocycles. The Hall–Kier alpha value is -2.27. The monoisotopic (exact) mass is 273 g/mol. The van der Waals surface area contributed by atoms with Crippen molar-refractivity contribution >= 4 is 11.6 Å². The number of nitrogens with one attached hydrogen (secondary N) is 2. The number of rotatable bonds is 4. The average Bonchev–Trinajstić information content (AvgIpc) is 2.77. The van der Waals surface area contributed by atoms with Gasteiger partial charge in [0, 0.05) is 5.56 Å². The molecule has 1 aromatic heterocycles. The van der Waals surface area contributed by atoms with Crippen molar-refractivity contribution < 1.29 is 9.21 Å².